The molecule has 3 aromatic rings. The second-order valence-corrected chi connectivity index (χ2v) is 5.16. The van der Waals surface area contributed by atoms with Gasteiger partial charge >= 0.3 is 0 Å². The molecule has 0 saturated carbocycles. The lowest BCUT2D eigenvalue weighted by atomic mass is 10.0. The van der Waals surface area contributed by atoms with Gasteiger partial charge in [0.25, 0.3) is 0 Å². The quantitative estimate of drug-likeness (QED) is 0.675. The molecule has 0 aliphatic carbocycles. The Labute approximate surface area is 124 Å². The van der Waals surface area contributed by atoms with Crippen molar-refractivity contribution in [3.8, 4) is 0 Å². The van der Waals surface area contributed by atoms with E-state index in [1.54, 1.807) is 24.4 Å². The van der Waals surface area contributed by atoms with Crippen molar-refractivity contribution in [2.75, 3.05) is 0 Å². The second kappa shape index (κ2) is 4.93. The molecule has 0 spiro atoms. The van der Waals surface area contributed by atoms with Gasteiger partial charge in [0.05, 0.1) is 10.0 Å². The summed E-state index contributed by atoms with van der Waals surface area (Å²) >= 11 is 11.7. The number of hydrogen-bond donors (Lipinski definition) is 1. The molecule has 2 nitrogen and oxygen atoms in total. The second-order valence-electron chi connectivity index (χ2n) is 4.35. The Bertz CT molecular complexity index is 826. The fourth-order valence-electron chi connectivity index (χ4n) is 2.07. The van der Waals surface area contributed by atoms with Crippen molar-refractivity contribution in [1.82, 2.24) is 4.98 Å². The van der Waals surface area contributed by atoms with Crippen LogP contribution >= 0.6 is 23.2 Å². The highest BCUT2D eigenvalue weighted by molar-refractivity contribution is 6.42. The predicted molar refractivity (Wildman–Crippen MR) is 78.2 cm³/mol. The van der Waals surface area contributed by atoms with Gasteiger partial charge in [0.1, 0.15) is 5.82 Å². The number of rotatable bonds is 2. The average Bonchev–Trinajstić information content (AvgIpc) is 2.84. The van der Waals surface area contributed by atoms with Crippen LogP contribution in [0.4, 0.5) is 4.39 Å². The summed E-state index contributed by atoms with van der Waals surface area (Å²) < 4.78 is 13.3. The van der Waals surface area contributed by atoms with Crippen LogP contribution in [0.2, 0.25) is 10.0 Å². The van der Waals surface area contributed by atoms with Gasteiger partial charge in [-0.05, 0) is 36.4 Å². The summed E-state index contributed by atoms with van der Waals surface area (Å²) in [6.45, 7) is 0. The van der Waals surface area contributed by atoms with Gasteiger partial charge in [-0.2, -0.15) is 0 Å². The lowest BCUT2D eigenvalue weighted by molar-refractivity contribution is 0.104. The molecule has 1 heterocycles. The highest BCUT2D eigenvalue weighted by Gasteiger charge is 2.15. The van der Waals surface area contributed by atoms with E-state index in [0.29, 0.717) is 32.1 Å². The van der Waals surface area contributed by atoms with E-state index in [-0.39, 0.29) is 11.6 Å². The molecule has 0 aliphatic heterocycles. The first-order chi connectivity index (χ1) is 9.56. The number of hydrogen-bond acceptors (Lipinski definition) is 1. The molecule has 0 radical (unpaired) electrons. The number of halogens is 3. The molecular formula is C15H8Cl2FNO. The van der Waals surface area contributed by atoms with Gasteiger partial charge in [0.2, 0.25) is 0 Å². The van der Waals surface area contributed by atoms with Crippen LogP contribution in [-0.2, 0) is 0 Å². The standard InChI is InChI=1S/C15H8Cl2FNO/c16-12-3-1-8(5-13(12)17)15(20)11-7-19-14-4-2-9(18)6-10(11)14/h1-7,19H. The molecule has 100 valence electrons. The van der Waals surface area contributed by atoms with Crippen molar-refractivity contribution in [2.24, 2.45) is 0 Å². The van der Waals surface area contributed by atoms with E-state index in [1.807, 2.05) is 0 Å². The topological polar surface area (TPSA) is 32.9 Å². The Morgan fingerprint density at radius 2 is 1.85 bits per heavy atom. The van der Waals surface area contributed by atoms with Crippen LogP contribution < -0.4 is 0 Å². The predicted octanol–water partition coefficient (Wildman–Crippen LogP) is 4.84. The number of nitrogens with one attached hydrogen (secondary N) is 1. The Morgan fingerprint density at radius 3 is 2.60 bits per heavy atom. The average molecular weight is 308 g/mol. The number of fused-ring (bicyclic) bond motifs is 1. The van der Waals surface area contributed by atoms with Crippen molar-refractivity contribution in [1.29, 1.82) is 0 Å². The molecule has 5 heteroatoms. The van der Waals surface area contributed by atoms with Gasteiger partial charge in [-0.3, -0.25) is 4.79 Å². The van der Waals surface area contributed by atoms with Crippen LogP contribution in [-0.4, -0.2) is 10.8 Å². The number of carbonyl (C=O) groups is 1. The maximum Gasteiger partial charge on any atom is 0.195 e. The van der Waals surface area contributed by atoms with Gasteiger partial charge in [-0.15, -0.1) is 0 Å². The zero-order valence-corrected chi connectivity index (χ0v) is 11.6. The Balaban J connectivity index is 2.12. The summed E-state index contributed by atoms with van der Waals surface area (Å²) in [6, 6.07) is 8.92. The lowest BCUT2D eigenvalue weighted by Crippen LogP contribution is -2.00. The van der Waals surface area contributed by atoms with Crippen LogP contribution in [0.1, 0.15) is 15.9 Å². The van der Waals surface area contributed by atoms with E-state index in [2.05, 4.69) is 4.98 Å². The van der Waals surface area contributed by atoms with Crippen LogP contribution in [0.3, 0.4) is 0 Å². The van der Waals surface area contributed by atoms with Crippen LogP contribution in [0.5, 0.6) is 0 Å². The molecule has 0 atom stereocenters. The number of aromatic nitrogens is 1. The van der Waals surface area contributed by atoms with Crippen molar-refractivity contribution in [2.45, 2.75) is 0 Å². The normalized spacial score (nSPS) is 10.9. The summed E-state index contributed by atoms with van der Waals surface area (Å²) in [6.07, 6.45) is 1.56. The molecule has 20 heavy (non-hydrogen) atoms. The van der Waals surface area contributed by atoms with Gasteiger partial charge in [-0.25, -0.2) is 4.39 Å². The van der Waals surface area contributed by atoms with Crippen molar-refractivity contribution < 1.29 is 9.18 Å². The van der Waals surface area contributed by atoms with E-state index in [1.165, 1.54) is 18.2 Å². The van der Waals surface area contributed by atoms with Crippen LogP contribution in [0.25, 0.3) is 10.9 Å². The number of benzene rings is 2. The maximum absolute atomic E-state index is 13.3. The SMILES string of the molecule is O=C(c1ccc(Cl)c(Cl)c1)c1c[nH]c2ccc(F)cc12. The lowest BCUT2D eigenvalue weighted by Gasteiger charge is -2.02. The minimum absolute atomic E-state index is 0.236. The molecule has 0 aliphatic rings. The summed E-state index contributed by atoms with van der Waals surface area (Å²) in [5.74, 6) is -0.624. The van der Waals surface area contributed by atoms with Gasteiger partial charge in [-0.1, -0.05) is 23.2 Å². The first-order valence-corrected chi connectivity index (χ1v) is 6.58. The first-order valence-electron chi connectivity index (χ1n) is 5.82. The minimum atomic E-state index is -0.389. The molecule has 2 aromatic carbocycles. The van der Waals surface area contributed by atoms with Crippen molar-refractivity contribution >= 4 is 39.9 Å². The molecular weight excluding hydrogens is 300 g/mol. The summed E-state index contributed by atoms with van der Waals surface area (Å²) in [7, 11) is 0. The highest BCUT2D eigenvalue weighted by atomic mass is 35.5. The van der Waals surface area contributed by atoms with E-state index in [0.717, 1.165) is 0 Å². The molecule has 3 rings (SSSR count). The van der Waals surface area contributed by atoms with Crippen molar-refractivity contribution in [3.05, 3.63) is 69.6 Å². The zero-order valence-electron chi connectivity index (χ0n) is 10.1. The third kappa shape index (κ3) is 2.19. The third-order valence-electron chi connectivity index (χ3n) is 3.07. The van der Waals surface area contributed by atoms with Gasteiger partial charge < -0.3 is 4.98 Å². The molecule has 0 bridgehead atoms. The summed E-state index contributed by atoms with van der Waals surface area (Å²) in [4.78, 5) is 15.4. The molecule has 0 unspecified atom stereocenters. The minimum Gasteiger partial charge on any atom is -0.360 e. The van der Waals surface area contributed by atoms with Gasteiger partial charge in [0, 0.05) is 28.2 Å². The highest BCUT2D eigenvalue weighted by Crippen LogP contribution is 2.26. The molecule has 0 saturated heterocycles. The third-order valence-corrected chi connectivity index (χ3v) is 3.81. The van der Waals surface area contributed by atoms with E-state index < -0.39 is 0 Å². The molecule has 0 amide bonds. The smallest absolute Gasteiger partial charge is 0.195 e. The zero-order chi connectivity index (χ0) is 14.3. The molecule has 1 N–H and O–H groups in total. The number of ketones is 1. The van der Waals surface area contributed by atoms with E-state index in [4.69, 9.17) is 23.2 Å². The summed E-state index contributed by atoms with van der Waals surface area (Å²) in [5.41, 5.74) is 1.51. The molecule has 1 aromatic heterocycles. The Morgan fingerprint density at radius 1 is 1.05 bits per heavy atom. The number of aromatic amines is 1. The van der Waals surface area contributed by atoms with Crippen molar-refractivity contribution in [3.63, 3.8) is 0 Å². The first kappa shape index (κ1) is 13.2. The molecule has 0 fully saturated rings. The fraction of sp³-hybridized carbons (Fsp3) is 0. The van der Waals surface area contributed by atoms with Crippen LogP contribution in [0.15, 0.2) is 42.6 Å². The number of H-pyrrole nitrogens is 1. The van der Waals surface area contributed by atoms with E-state index >= 15 is 0 Å². The monoisotopic (exact) mass is 307 g/mol. The Kier molecular flexibility index (Phi) is 3.24. The van der Waals surface area contributed by atoms with Gasteiger partial charge in [0.15, 0.2) is 5.78 Å². The summed E-state index contributed by atoms with van der Waals surface area (Å²) in [5, 5.41) is 1.23. The van der Waals surface area contributed by atoms with Crippen LogP contribution in [0, 0.1) is 5.82 Å². The Hall–Kier alpha value is -1.84. The fourth-order valence-corrected chi connectivity index (χ4v) is 2.37. The number of carbonyl (C=O) groups excluding carboxylic acids is 1. The largest absolute Gasteiger partial charge is 0.360 e. The maximum atomic E-state index is 13.3. The van der Waals surface area contributed by atoms with E-state index in [9.17, 15) is 9.18 Å².